The maximum absolute atomic E-state index is 11.3. The second kappa shape index (κ2) is 6.85. The van der Waals surface area contributed by atoms with Crippen LogP contribution in [-0.2, 0) is 17.8 Å². The van der Waals surface area contributed by atoms with Crippen LogP contribution in [0.1, 0.15) is 35.1 Å². The molecule has 23 heavy (non-hydrogen) atoms. The third-order valence-corrected chi connectivity index (χ3v) is 3.93. The van der Waals surface area contributed by atoms with E-state index in [-0.39, 0.29) is 6.04 Å². The Morgan fingerprint density at radius 3 is 2.83 bits per heavy atom. The first-order valence-electron chi connectivity index (χ1n) is 7.83. The smallest absolute Gasteiger partial charge is 0.141 e. The highest BCUT2D eigenvalue weighted by molar-refractivity contribution is 5.71. The van der Waals surface area contributed by atoms with E-state index in [0.717, 1.165) is 41.9 Å². The van der Waals surface area contributed by atoms with Crippen molar-refractivity contribution < 1.29 is 4.79 Å². The second-order valence-electron chi connectivity index (χ2n) is 5.73. The monoisotopic (exact) mass is 311 g/mol. The number of nitrogens with one attached hydrogen (secondary N) is 2. The molecule has 1 aliphatic rings. The summed E-state index contributed by atoms with van der Waals surface area (Å²) in [5.74, 6) is 1.46. The van der Waals surface area contributed by atoms with Gasteiger partial charge in [0.05, 0.1) is 11.7 Å². The normalized spacial score (nSPS) is 16.2. The number of rotatable bonds is 6. The molecule has 0 spiro atoms. The minimum absolute atomic E-state index is 0.360. The molecule has 1 aliphatic heterocycles. The maximum Gasteiger partial charge on any atom is 0.141 e. The van der Waals surface area contributed by atoms with Gasteiger partial charge in [0, 0.05) is 24.2 Å². The minimum Gasteiger partial charge on any atom is -0.340 e. The summed E-state index contributed by atoms with van der Waals surface area (Å²) in [6.07, 6.45) is 2.47. The largest absolute Gasteiger partial charge is 0.340 e. The number of fused-ring (bicyclic) bond motifs is 1. The molecular weight excluding hydrogens is 290 g/mol. The minimum atomic E-state index is -0.360. The molecule has 120 valence electrons. The zero-order valence-electron chi connectivity index (χ0n) is 13.2. The summed E-state index contributed by atoms with van der Waals surface area (Å²) < 4.78 is 0. The van der Waals surface area contributed by atoms with Crippen LogP contribution in [0.2, 0.25) is 0 Å². The lowest BCUT2D eigenvalue weighted by Crippen LogP contribution is -2.14. The Morgan fingerprint density at radius 2 is 2.13 bits per heavy atom. The third kappa shape index (κ3) is 3.38. The Labute approximate surface area is 135 Å². The van der Waals surface area contributed by atoms with E-state index in [9.17, 15) is 4.79 Å². The first-order chi connectivity index (χ1) is 11.2. The molecule has 1 unspecified atom stereocenters. The van der Waals surface area contributed by atoms with Gasteiger partial charge in [-0.2, -0.15) is 0 Å². The topological polar surface area (TPSA) is 92.9 Å². The highest BCUT2D eigenvalue weighted by atomic mass is 16.1. The van der Waals surface area contributed by atoms with Crippen LogP contribution < -0.4 is 16.4 Å². The molecule has 6 nitrogen and oxygen atoms in total. The Kier molecular flexibility index (Phi) is 4.64. The predicted octanol–water partition coefficient (Wildman–Crippen LogP) is 1.76. The fourth-order valence-electron chi connectivity index (χ4n) is 2.69. The van der Waals surface area contributed by atoms with E-state index in [0.29, 0.717) is 18.9 Å². The Hall–Kier alpha value is -2.31. The molecule has 1 atom stereocenters. The molecule has 0 saturated heterocycles. The van der Waals surface area contributed by atoms with Crippen LogP contribution in [0.4, 0.5) is 11.5 Å². The van der Waals surface area contributed by atoms with Gasteiger partial charge in [0.1, 0.15) is 17.9 Å². The maximum atomic E-state index is 11.3. The summed E-state index contributed by atoms with van der Waals surface area (Å²) in [5.41, 5.74) is 9.45. The van der Waals surface area contributed by atoms with Crippen molar-refractivity contribution in [2.75, 3.05) is 11.9 Å². The molecule has 0 radical (unpaired) electrons. The fourth-order valence-corrected chi connectivity index (χ4v) is 2.69. The van der Waals surface area contributed by atoms with Crippen molar-refractivity contribution in [1.29, 1.82) is 0 Å². The summed E-state index contributed by atoms with van der Waals surface area (Å²) in [7, 11) is 0. The molecule has 6 heteroatoms. The number of carbonyl (C=O) groups is 1. The summed E-state index contributed by atoms with van der Waals surface area (Å²) in [4.78, 5) is 20.5. The summed E-state index contributed by atoms with van der Waals surface area (Å²) in [6, 6.07) is 7.72. The lowest BCUT2D eigenvalue weighted by Gasteiger charge is -2.14. The van der Waals surface area contributed by atoms with Crippen LogP contribution in [-0.4, -0.2) is 22.8 Å². The van der Waals surface area contributed by atoms with Crippen molar-refractivity contribution in [1.82, 2.24) is 15.3 Å². The van der Waals surface area contributed by atoms with Gasteiger partial charge in [0.2, 0.25) is 0 Å². The van der Waals surface area contributed by atoms with Crippen molar-refractivity contribution in [3.63, 3.8) is 0 Å². The number of nitrogens with two attached hydrogens (primary N) is 1. The quantitative estimate of drug-likeness (QED) is 0.704. The van der Waals surface area contributed by atoms with E-state index < -0.39 is 0 Å². The lowest BCUT2D eigenvalue weighted by atomic mass is 10.1. The van der Waals surface area contributed by atoms with Gasteiger partial charge < -0.3 is 15.8 Å². The van der Waals surface area contributed by atoms with Crippen LogP contribution in [0.15, 0.2) is 24.3 Å². The SMILES string of the molecule is Cc1ccc(Nc2nc(CCCN)nc3c2C(C=O)NC3)cc1. The second-order valence-corrected chi connectivity index (χ2v) is 5.73. The van der Waals surface area contributed by atoms with E-state index in [1.807, 2.05) is 31.2 Å². The average molecular weight is 311 g/mol. The fraction of sp³-hybridized carbons (Fsp3) is 0.353. The van der Waals surface area contributed by atoms with Crippen LogP contribution >= 0.6 is 0 Å². The molecule has 0 fully saturated rings. The van der Waals surface area contributed by atoms with Gasteiger partial charge in [-0.15, -0.1) is 0 Å². The van der Waals surface area contributed by atoms with E-state index in [4.69, 9.17) is 5.73 Å². The van der Waals surface area contributed by atoms with Crippen molar-refractivity contribution in [3.8, 4) is 0 Å². The van der Waals surface area contributed by atoms with Crippen molar-refractivity contribution in [2.45, 2.75) is 32.4 Å². The van der Waals surface area contributed by atoms with Gasteiger partial charge >= 0.3 is 0 Å². The molecule has 0 amide bonds. The number of anilines is 2. The number of benzene rings is 1. The first-order valence-corrected chi connectivity index (χ1v) is 7.83. The summed E-state index contributed by atoms with van der Waals surface area (Å²) in [5, 5.41) is 6.49. The number of aryl methyl sites for hydroxylation is 2. The Balaban J connectivity index is 1.96. The number of hydrogen-bond acceptors (Lipinski definition) is 6. The van der Waals surface area contributed by atoms with E-state index in [1.54, 1.807) is 0 Å². The molecule has 0 aliphatic carbocycles. The van der Waals surface area contributed by atoms with Gasteiger partial charge in [-0.3, -0.25) is 5.32 Å². The van der Waals surface area contributed by atoms with E-state index in [1.165, 1.54) is 5.56 Å². The highest BCUT2D eigenvalue weighted by Gasteiger charge is 2.27. The first kappa shape index (κ1) is 15.6. The van der Waals surface area contributed by atoms with Crippen LogP contribution in [0.5, 0.6) is 0 Å². The van der Waals surface area contributed by atoms with Gasteiger partial charge in [-0.1, -0.05) is 17.7 Å². The zero-order valence-corrected chi connectivity index (χ0v) is 13.2. The number of carbonyl (C=O) groups excluding carboxylic acids is 1. The summed E-state index contributed by atoms with van der Waals surface area (Å²) in [6.45, 7) is 3.24. The number of aromatic nitrogens is 2. The highest BCUT2D eigenvalue weighted by Crippen LogP contribution is 2.31. The molecule has 0 saturated carbocycles. The molecule has 1 aromatic heterocycles. The Bertz CT molecular complexity index is 699. The van der Waals surface area contributed by atoms with Crippen LogP contribution in [0.25, 0.3) is 0 Å². The molecule has 3 rings (SSSR count). The molecular formula is C17H21N5O. The molecule has 2 aromatic rings. The summed E-state index contributed by atoms with van der Waals surface area (Å²) >= 11 is 0. The van der Waals surface area contributed by atoms with Crippen LogP contribution in [0.3, 0.4) is 0 Å². The van der Waals surface area contributed by atoms with Crippen LogP contribution in [0, 0.1) is 6.92 Å². The van der Waals surface area contributed by atoms with Gasteiger partial charge in [-0.25, -0.2) is 9.97 Å². The van der Waals surface area contributed by atoms with Gasteiger partial charge in [0.25, 0.3) is 0 Å². The standard InChI is InChI=1S/C17H21N5O/c1-11-4-6-12(7-5-11)20-17-16-13(9-19-14(16)10-23)21-15(22-17)3-2-8-18/h4-7,10,14,19H,2-3,8-9,18H2,1H3,(H,20,21,22). The molecule has 4 N–H and O–H groups in total. The van der Waals surface area contributed by atoms with E-state index in [2.05, 4.69) is 20.6 Å². The number of aldehydes is 1. The molecule has 2 heterocycles. The molecule has 1 aromatic carbocycles. The molecule has 0 bridgehead atoms. The lowest BCUT2D eigenvalue weighted by molar-refractivity contribution is -0.109. The van der Waals surface area contributed by atoms with Crippen molar-refractivity contribution in [3.05, 3.63) is 46.9 Å². The van der Waals surface area contributed by atoms with Crippen molar-refractivity contribution in [2.24, 2.45) is 5.73 Å². The third-order valence-electron chi connectivity index (χ3n) is 3.93. The zero-order chi connectivity index (χ0) is 16.2. The van der Waals surface area contributed by atoms with Gasteiger partial charge in [0.15, 0.2) is 0 Å². The van der Waals surface area contributed by atoms with Crippen molar-refractivity contribution >= 4 is 17.8 Å². The Morgan fingerprint density at radius 1 is 1.35 bits per heavy atom. The average Bonchev–Trinajstić information content (AvgIpc) is 2.98. The number of hydrogen-bond donors (Lipinski definition) is 3. The number of nitrogens with zero attached hydrogens (tertiary/aromatic N) is 2. The van der Waals surface area contributed by atoms with E-state index >= 15 is 0 Å². The van der Waals surface area contributed by atoms with Gasteiger partial charge in [-0.05, 0) is 32.0 Å². The predicted molar refractivity (Wildman–Crippen MR) is 89.5 cm³/mol.